The van der Waals surface area contributed by atoms with Gasteiger partial charge in [0.15, 0.2) is 0 Å². The molecular formula is C12H18N2. The number of fused-ring (bicyclic) bond motifs is 1. The summed E-state index contributed by atoms with van der Waals surface area (Å²) in [6.07, 6.45) is 2.52. The molecule has 2 heteroatoms. The van der Waals surface area contributed by atoms with Gasteiger partial charge in [0.05, 0.1) is 0 Å². The van der Waals surface area contributed by atoms with Crippen LogP contribution < -0.4 is 10.2 Å². The van der Waals surface area contributed by atoms with Gasteiger partial charge in [-0.25, -0.2) is 0 Å². The molecule has 0 bridgehead atoms. The Bertz CT molecular complexity index is 320. The number of hydrogen-bond donors (Lipinski definition) is 1. The van der Waals surface area contributed by atoms with E-state index >= 15 is 0 Å². The van der Waals surface area contributed by atoms with Crippen molar-refractivity contribution in [1.82, 2.24) is 0 Å². The van der Waals surface area contributed by atoms with E-state index < -0.39 is 0 Å². The van der Waals surface area contributed by atoms with Crippen molar-refractivity contribution in [3.05, 3.63) is 23.8 Å². The predicted molar refractivity (Wildman–Crippen MR) is 62.2 cm³/mol. The topological polar surface area (TPSA) is 15.3 Å². The molecule has 1 heterocycles. The molecule has 76 valence electrons. The first-order valence-corrected chi connectivity index (χ1v) is 5.40. The van der Waals surface area contributed by atoms with Crippen LogP contribution in [0, 0.1) is 0 Å². The maximum Gasteiger partial charge on any atom is 0.0419 e. The van der Waals surface area contributed by atoms with Crippen molar-refractivity contribution in [1.29, 1.82) is 0 Å². The van der Waals surface area contributed by atoms with Crippen LogP contribution in [0.25, 0.3) is 0 Å². The Kier molecular flexibility index (Phi) is 2.62. The average molecular weight is 190 g/mol. The van der Waals surface area contributed by atoms with Gasteiger partial charge in [0.25, 0.3) is 0 Å². The van der Waals surface area contributed by atoms with Crippen LogP contribution in [0.5, 0.6) is 0 Å². The molecule has 0 spiro atoms. The molecule has 0 atom stereocenters. The summed E-state index contributed by atoms with van der Waals surface area (Å²) < 4.78 is 0. The van der Waals surface area contributed by atoms with Gasteiger partial charge in [-0.3, -0.25) is 0 Å². The van der Waals surface area contributed by atoms with Crippen molar-refractivity contribution < 1.29 is 0 Å². The third kappa shape index (κ3) is 1.57. The van der Waals surface area contributed by atoms with Crippen LogP contribution in [0.4, 0.5) is 11.4 Å². The van der Waals surface area contributed by atoms with Gasteiger partial charge in [0.2, 0.25) is 0 Å². The van der Waals surface area contributed by atoms with Crippen molar-refractivity contribution in [2.24, 2.45) is 0 Å². The third-order valence-corrected chi connectivity index (χ3v) is 2.97. The van der Waals surface area contributed by atoms with Crippen LogP contribution in [0.2, 0.25) is 0 Å². The van der Waals surface area contributed by atoms with Crippen LogP contribution >= 0.6 is 0 Å². The van der Waals surface area contributed by atoms with E-state index in [2.05, 4.69) is 35.3 Å². The number of benzene rings is 1. The standard InChI is InChI=1S/C12H18N2/c1-3-14-8-4-5-10-6-7-11(13-2)9-12(10)14/h6-7,9,13H,3-5,8H2,1-2H3. The van der Waals surface area contributed by atoms with Gasteiger partial charge in [0, 0.05) is 31.5 Å². The Morgan fingerprint density at radius 1 is 1.43 bits per heavy atom. The zero-order valence-electron chi connectivity index (χ0n) is 9.01. The van der Waals surface area contributed by atoms with Gasteiger partial charge >= 0.3 is 0 Å². The van der Waals surface area contributed by atoms with Crippen molar-refractivity contribution in [2.45, 2.75) is 19.8 Å². The SMILES string of the molecule is CCN1CCCc2ccc(NC)cc21. The molecule has 0 fully saturated rings. The van der Waals surface area contributed by atoms with Crippen molar-refractivity contribution in [3.63, 3.8) is 0 Å². The summed E-state index contributed by atoms with van der Waals surface area (Å²) in [4.78, 5) is 2.46. The molecular weight excluding hydrogens is 172 g/mol. The van der Waals surface area contributed by atoms with E-state index in [1.165, 1.54) is 36.3 Å². The highest BCUT2D eigenvalue weighted by Gasteiger charge is 2.15. The van der Waals surface area contributed by atoms with E-state index in [0.29, 0.717) is 0 Å². The first-order valence-electron chi connectivity index (χ1n) is 5.40. The number of rotatable bonds is 2. The zero-order valence-corrected chi connectivity index (χ0v) is 9.01. The van der Waals surface area contributed by atoms with Crippen LogP contribution in [0.15, 0.2) is 18.2 Å². The predicted octanol–water partition coefficient (Wildman–Crippen LogP) is 2.50. The lowest BCUT2D eigenvalue weighted by atomic mass is 10.0. The Morgan fingerprint density at radius 2 is 2.29 bits per heavy atom. The van der Waals surface area contributed by atoms with Gasteiger partial charge in [0.1, 0.15) is 0 Å². The van der Waals surface area contributed by atoms with Crippen molar-refractivity contribution in [3.8, 4) is 0 Å². The summed E-state index contributed by atoms with van der Waals surface area (Å²) in [6.45, 7) is 4.54. The van der Waals surface area contributed by atoms with E-state index in [1.807, 2.05) is 7.05 Å². The van der Waals surface area contributed by atoms with E-state index in [9.17, 15) is 0 Å². The highest BCUT2D eigenvalue weighted by molar-refractivity contribution is 5.63. The number of aryl methyl sites for hydroxylation is 1. The van der Waals surface area contributed by atoms with E-state index in [0.717, 1.165) is 6.54 Å². The van der Waals surface area contributed by atoms with Gasteiger partial charge in [-0.05, 0) is 37.5 Å². The molecule has 1 aromatic carbocycles. The Hall–Kier alpha value is -1.18. The maximum atomic E-state index is 3.20. The van der Waals surface area contributed by atoms with Gasteiger partial charge < -0.3 is 10.2 Å². The Balaban J connectivity index is 2.38. The van der Waals surface area contributed by atoms with Gasteiger partial charge in [-0.1, -0.05) is 6.07 Å². The first-order chi connectivity index (χ1) is 6.85. The third-order valence-electron chi connectivity index (χ3n) is 2.97. The number of hydrogen-bond acceptors (Lipinski definition) is 2. The smallest absolute Gasteiger partial charge is 0.0419 e. The summed E-state index contributed by atoms with van der Waals surface area (Å²) in [6, 6.07) is 6.68. The minimum absolute atomic E-state index is 1.11. The summed E-state index contributed by atoms with van der Waals surface area (Å²) in [5, 5.41) is 3.20. The Morgan fingerprint density at radius 3 is 3.00 bits per heavy atom. The van der Waals surface area contributed by atoms with Gasteiger partial charge in [-0.2, -0.15) is 0 Å². The molecule has 1 N–H and O–H groups in total. The normalized spacial score (nSPS) is 15.1. The largest absolute Gasteiger partial charge is 0.388 e. The molecule has 14 heavy (non-hydrogen) atoms. The number of anilines is 2. The molecule has 0 aliphatic carbocycles. The van der Waals surface area contributed by atoms with Crippen LogP contribution in [0.1, 0.15) is 18.9 Å². The summed E-state index contributed by atoms with van der Waals surface area (Å²) in [5.41, 5.74) is 4.13. The van der Waals surface area contributed by atoms with Crippen LogP contribution in [-0.2, 0) is 6.42 Å². The summed E-state index contributed by atoms with van der Waals surface area (Å²) in [7, 11) is 1.97. The number of nitrogens with zero attached hydrogens (tertiary/aromatic N) is 1. The fourth-order valence-electron chi connectivity index (χ4n) is 2.13. The first kappa shape index (κ1) is 9.38. The lowest BCUT2D eigenvalue weighted by Gasteiger charge is -2.30. The fourth-order valence-corrected chi connectivity index (χ4v) is 2.13. The molecule has 0 amide bonds. The minimum atomic E-state index is 1.11. The lowest BCUT2D eigenvalue weighted by molar-refractivity contribution is 0.708. The molecule has 0 aromatic heterocycles. The lowest BCUT2D eigenvalue weighted by Crippen LogP contribution is -2.28. The molecule has 0 saturated heterocycles. The second-order valence-electron chi connectivity index (χ2n) is 3.78. The maximum absolute atomic E-state index is 3.20. The van der Waals surface area contributed by atoms with E-state index in [4.69, 9.17) is 0 Å². The monoisotopic (exact) mass is 190 g/mol. The molecule has 1 aliphatic heterocycles. The molecule has 1 aromatic rings. The highest BCUT2D eigenvalue weighted by atomic mass is 15.1. The summed E-state index contributed by atoms with van der Waals surface area (Å²) in [5.74, 6) is 0. The van der Waals surface area contributed by atoms with Crippen molar-refractivity contribution >= 4 is 11.4 Å². The molecule has 2 rings (SSSR count). The molecule has 0 unspecified atom stereocenters. The molecule has 0 radical (unpaired) electrons. The van der Waals surface area contributed by atoms with Crippen LogP contribution in [0.3, 0.4) is 0 Å². The summed E-state index contributed by atoms with van der Waals surface area (Å²) >= 11 is 0. The molecule has 2 nitrogen and oxygen atoms in total. The van der Waals surface area contributed by atoms with E-state index in [-0.39, 0.29) is 0 Å². The molecule has 1 aliphatic rings. The quantitative estimate of drug-likeness (QED) is 0.770. The second-order valence-corrected chi connectivity index (χ2v) is 3.78. The minimum Gasteiger partial charge on any atom is -0.388 e. The van der Waals surface area contributed by atoms with Gasteiger partial charge in [-0.15, -0.1) is 0 Å². The molecule has 0 saturated carbocycles. The van der Waals surface area contributed by atoms with Crippen molar-refractivity contribution in [2.75, 3.05) is 30.4 Å². The Labute approximate surface area is 85.9 Å². The van der Waals surface area contributed by atoms with E-state index in [1.54, 1.807) is 0 Å². The second kappa shape index (κ2) is 3.91. The highest BCUT2D eigenvalue weighted by Crippen LogP contribution is 2.29. The van der Waals surface area contributed by atoms with Crippen LogP contribution in [-0.4, -0.2) is 20.1 Å². The number of nitrogens with one attached hydrogen (secondary N) is 1. The average Bonchev–Trinajstić information content (AvgIpc) is 2.27. The zero-order chi connectivity index (χ0) is 9.97. The fraction of sp³-hybridized carbons (Fsp3) is 0.500.